The lowest BCUT2D eigenvalue weighted by molar-refractivity contribution is -0.133. The fourth-order valence-electron chi connectivity index (χ4n) is 3.33. The molecular formula is C19H22N2O3S. The van der Waals surface area contributed by atoms with Crippen LogP contribution in [0.25, 0.3) is 0 Å². The monoisotopic (exact) mass is 358 g/mol. The Morgan fingerprint density at radius 1 is 1.28 bits per heavy atom. The number of benzene rings is 1. The molecule has 0 aliphatic carbocycles. The summed E-state index contributed by atoms with van der Waals surface area (Å²) < 4.78 is 0. The van der Waals surface area contributed by atoms with Gasteiger partial charge >= 0.3 is 0 Å². The highest BCUT2D eigenvalue weighted by atomic mass is 32.1. The van der Waals surface area contributed by atoms with Crippen LogP contribution in [-0.4, -0.2) is 28.5 Å². The fourth-order valence-corrected chi connectivity index (χ4v) is 4.48. The average Bonchev–Trinajstić information content (AvgIpc) is 3.04. The predicted molar refractivity (Wildman–Crippen MR) is 96.8 cm³/mol. The highest BCUT2D eigenvalue weighted by Crippen LogP contribution is 2.39. The van der Waals surface area contributed by atoms with Gasteiger partial charge in [-0.2, -0.15) is 0 Å². The van der Waals surface area contributed by atoms with Crippen LogP contribution < -0.4 is 5.48 Å². The number of rotatable bonds is 4. The lowest BCUT2D eigenvalue weighted by Gasteiger charge is -2.38. The second-order valence-electron chi connectivity index (χ2n) is 7.03. The van der Waals surface area contributed by atoms with Crippen molar-refractivity contribution in [2.45, 2.75) is 38.6 Å². The predicted octanol–water partition coefficient (Wildman–Crippen LogP) is 3.12. The summed E-state index contributed by atoms with van der Waals surface area (Å²) in [5.41, 5.74) is 3.62. The molecule has 1 aliphatic rings. The molecule has 0 bridgehead atoms. The van der Waals surface area contributed by atoms with Gasteiger partial charge in [0.25, 0.3) is 5.91 Å². The van der Waals surface area contributed by atoms with Crippen molar-refractivity contribution >= 4 is 23.2 Å². The third-order valence-electron chi connectivity index (χ3n) is 4.52. The van der Waals surface area contributed by atoms with Crippen LogP contribution >= 0.6 is 11.3 Å². The molecule has 2 heterocycles. The van der Waals surface area contributed by atoms with Gasteiger partial charge in [-0.1, -0.05) is 44.2 Å². The Bertz CT molecular complexity index is 783. The second-order valence-corrected chi connectivity index (χ2v) is 8.08. The number of fused-ring (bicyclic) bond motifs is 1. The quantitative estimate of drug-likeness (QED) is 0.652. The highest BCUT2D eigenvalue weighted by molar-refractivity contribution is 7.14. The van der Waals surface area contributed by atoms with Crippen molar-refractivity contribution in [1.29, 1.82) is 0 Å². The van der Waals surface area contributed by atoms with E-state index < -0.39 is 5.91 Å². The number of hydrogen-bond acceptors (Lipinski definition) is 4. The number of nitrogens with one attached hydrogen (secondary N) is 1. The lowest BCUT2D eigenvalue weighted by atomic mass is 9.85. The van der Waals surface area contributed by atoms with Crippen LogP contribution in [-0.2, 0) is 23.2 Å². The first-order chi connectivity index (χ1) is 11.9. The smallest absolute Gasteiger partial charge is 0.284 e. The van der Waals surface area contributed by atoms with Crippen LogP contribution in [0, 0.1) is 0 Å². The third kappa shape index (κ3) is 3.75. The Morgan fingerprint density at radius 2 is 2.00 bits per heavy atom. The highest BCUT2D eigenvalue weighted by Gasteiger charge is 2.36. The number of thiophene rings is 1. The molecular weight excluding hydrogens is 336 g/mol. The van der Waals surface area contributed by atoms with Crippen molar-refractivity contribution < 1.29 is 14.8 Å². The Balaban J connectivity index is 1.73. The van der Waals surface area contributed by atoms with Gasteiger partial charge in [-0.05, 0) is 23.6 Å². The van der Waals surface area contributed by atoms with E-state index in [1.54, 1.807) is 11.5 Å². The normalized spacial score (nSPS) is 15.6. The van der Waals surface area contributed by atoms with Crippen molar-refractivity contribution in [3.63, 3.8) is 0 Å². The molecule has 2 aromatic rings. The van der Waals surface area contributed by atoms with Gasteiger partial charge < -0.3 is 4.90 Å². The minimum Gasteiger partial charge on any atom is -0.337 e. The van der Waals surface area contributed by atoms with E-state index in [1.807, 2.05) is 35.2 Å². The van der Waals surface area contributed by atoms with Gasteiger partial charge in [-0.25, -0.2) is 5.48 Å². The Hall–Kier alpha value is -2.18. The van der Waals surface area contributed by atoms with E-state index in [-0.39, 0.29) is 11.3 Å². The summed E-state index contributed by atoms with van der Waals surface area (Å²) in [6, 6.07) is 11.8. The largest absolute Gasteiger partial charge is 0.337 e. The number of amides is 2. The van der Waals surface area contributed by atoms with Crippen molar-refractivity contribution in [3.05, 3.63) is 57.3 Å². The molecule has 0 fully saturated rings. The number of aryl methyl sites for hydroxylation is 1. The van der Waals surface area contributed by atoms with Crippen LogP contribution in [0.15, 0.2) is 36.4 Å². The minimum absolute atomic E-state index is 0.127. The topological polar surface area (TPSA) is 69.6 Å². The van der Waals surface area contributed by atoms with E-state index >= 15 is 0 Å². The van der Waals surface area contributed by atoms with Crippen LogP contribution in [0.3, 0.4) is 0 Å². The maximum absolute atomic E-state index is 12.7. The summed E-state index contributed by atoms with van der Waals surface area (Å²) in [6.45, 7) is 5.31. The molecule has 2 N–H and O–H groups in total. The summed E-state index contributed by atoms with van der Waals surface area (Å²) in [5, 5.41) is 8.84. The van der Waals surface area contributed by atoms with Gasteiger partial charge in [0.1, 0.15) is 0 Å². The zero-order chi connectivity index (χ0) is 18.0. The average molecular weight is 358 g/mol. The minimum atomic E-state index is -0.503. The SMILES string of the molecule is CC1(C)CN(C(=O)CCc2ccccc2)Cc2cc(C(=O)NO)sc21. The number of carbonyl (C=O) groups is 2. The first-order valence-electron chi connectivity index (χ1n) is 8.30. The van der Waals surface area contributed by atoms with Crippen LogP contribution in [0.2, 0.25) is 0 Å². The van der Waals surface area contributed by atoms with Crippen molar-refractivity contribution in [3.8, 4) is 0 Å². The van der Waals surface area contributed by atoms with E-state index in [0.717, 1.165) is 22.4 Å². The molecule has 3 rings (SSSR count). The van der Waals surface area contributed by atoms with Gasteiger partial charge in [-0.3, -0.25) is 14.8 Å². The standard InChI is InChI=1S/C19H22N2O3S/c1-19(2)12-21(16(22)9-8-13-6-4-3-5-7-13)11-14-10-15(18(23)20-24)25-17(14)19/h3-7,10,24H,8-9,11-12H2,1-2H3,(H,20,23). The Kier molecular flexibility index (Phi) is 4.92. The number of hydroxylamine groups is 1. The van der Waals surface area contributed by atoms with E-state index in [9.17, 15) is 9.59 Å². The maximum atomic E-state index is 12.7. The van der Waals surface area contributed by atoms with Crippen LogP contribution in [0.1, 0.15) is 45.9 Å². The molecule has 1 aliphatic heterocycles. The van der Waals surface area contributed by atoms with Gasteiger partial charge in [0.2, 0.25) is 5.91 Å². The molecule has 25 heavy (non-hydrogen) atoms. The van der Waals surface area contributed by atoms with Crippen molar-refractivity contribution in [2.24, 2.45) is 0 Å². The van der Waals surface area contributed by atoms with E-state index in [4.69, 9.17) is 5.21 Å². The lowest BCUT2D eigenvalue weighted by Crippen LogP contribution is -2.44. The molecule has 0 atom stereocenters. The van der Waals surface area contributed by atoms with Crippen molar-refractivity contribution in [1.82, 2.24) is 10.4 Å². The zero-order valence-electron chi connectivity index (χ0n) is 14.4. The van der Waals surface area contributed by atoms with Crippen molar-refractivity contribution in [2.75, 3.05) is 6.54 Å². The van der Waals surface area contributed by atoms with Crippen LogP contribution in [0.4, 0.5) is 0 Å². The first-order valence-corrected chi connectivity index (χ1v) is 9.11. The molecule has 6 heteroatoms. The van der Waals surface area contributed by atoms with E-state index in [2.05, 4.69) is 13.8 Å². The maximum Gasteiger partial charge on any atom is 0.284 e. The molecule has 5 nitrogen and oxygen atoms in total. The van der Waals surface area contributed by atoms with E-state index in [0.29, 0.717) is 24.4 Å². The third-order valence-corrected chi connectivity index (χ3v) is 6.06. The molecule has 2 amide bonds. The molecule has 0 radical (unpaired) electrons. The van der Waals surface area contributed by atoms with Gasteiger partial charge in [0.05, 0.1) is 4.88 Å². The summed E-state index contributed by atoms with van der Waals surface area (Å²) in [4.78, 5) is 27.8. The summed E-state index contributed by atoms with van der Waals surface area (Å²) in [5.74, 6) is -0.376. The Morgan fingerprint density at radius 3 is 2.68 bits per heavy atom. The molecule has 1 aromatic carbocycles. The molecule has 1 aromatic heterocycles. The van der Waals surface area contributed by atoms with Gasteiger partial charge in [0, 0.05) is 29.8 Å². The van der Waals surface area contributed by atoms with Gasteiger partial charge in [-0.15, -0.1) is 11.3 Å². The first kappa shape index (κ1) is 17.6. The van der Waals surface area contributed by atoms with Crippen LogP contribution in [0.5, 0.6) is 0 Å². The summed E-state index contributed by atoms with van der Waals surface area (Å²) >= 11 is 1.39. The second kappa shape index (κ2) is 6.98. The number of hydrogen-bond donors (Lipinski definition) is 2. The fraction of sp³-hybridized carbons (Fsp3) is 0.368. The number of carbonyl (C=O) groups excluding carboxylic acids is 2. The zero-order valence-corrected chi connectivity index (χ0v) is 15.2. The van der Waals surface area contributed by atoms with E-state index in [1.165, 1.54) is 11.3 Å². The van der Waals surface area contributed by atoms with Gasteiger partial charge in [0.15, 0.2) is 0 Å². The molecule has 0 saturated heterocycles. The summed E-state index contributed by atoms with van der Waals surface area (Å²) in [6.07, 6.45) is 1.20. The Labute approximate surface area is 151 Å². The summed E-state index contributed by atoms with van der Waals surface area (Å²) in [7, 11) is 0. The molecule has 132 valence electrons. The molecule has 0 spiro atoms. The number of nitrogens with zero attached hydrogens (tertiary/aromatic N) is 1. The molecule has 0 unspecified atom stereocenters. The molecule has 0 saturated carbocycles.